The number of benzene rings is 1. The Kier molecular flexibility index (Phi) is 12.7. The summed E-state index contributed by atoms with van der Waals surface area (Å²) in [5, 5.41) is 9.93. The van der Waals surface area contributed by atoms with E-state index in [2.05, 4.69) is 28.6 Å². The Labute approximate surface area is 184 Å². The molecule has 0 radical (unpaired) electrons. The monoisotopic (exact) mass is 461 g/mol. The lowest BCUT2D eigenvalue weighted by Crippen LogP contribution is -2.42. The molecule has 2 rings (SSSR count). The molecule has 29 heavy (non-hydrogen) atoms. The molecule has 0 bridgehead atoms. The third kappa shape index (κ3) is 9.66. The maximum absolute atomic E-state index is 12.5. The van der Waals surface area contributed by atoms with E-state index >= 15 is 0 Å². The lowest BCUT2D eigenvalue weighted by Gasteiger charge is -2.17. The van der Waals surface area contributed by atoms with E-state index < -0.39 is 23.6 Å². The highest BCUT2D eigenvalue weighted by Gasteiger charge is 2.22. The highest BCUT2D eigenvalue weighted by atomic mass is 32.2. The third-order valence-corrected chi connectivity index (χ3v) is 5.32. The Balaban J connectivity index is 0.00000132. The molecular formula is C18H27N3O5S3. The number of nitrogens with one attached hydrogen (secondary N) is 3. The Morgan fingerprint density at radius 2 is 2.10 bits per heavy atom. The van der Waals surface area contributed by atoms with Crippen molar-refractivity contribution in [3.8, 4) is 0 Å². The number of rotatable bonds is 9. The van der Waals surface area contributed by atoms with Crippen LogP contribution in [-0.2, 0) is 21.1 Å². The minimum Gasteiger partial charge on any atom is -0.467 e. The molecule has 0 spiro atoms. The smallest absolute Gasteiger partial charge is 0.335 e. The Bertz CT molecular complexity index is 701. The van der Waals surface area contributed by atoms with Gasteiger partial charge in [0.2, 0.25) is 0 Å². The fourth-order valence-corrected chi connectivity index (χ4v) is 3.66. The van der Waals surface area contributed by atoms with Gasteiger partial charge in [-0.2, -0.15) is 32.8 Å². The standard InChI is InChI=1S/C18H27N3O3S2.O2S/c1-24-18(23)16(6-7-26-2)21-17(22)12-4-3-5-13(8-12)19-10-14-9-15(25)11-20-14;1-3-2/h3-5,8,14-16,19-20,25H,6-7,9-11H2,1-2H3,(H,21,22);/t14-,15?,16?;/m0./s1. The van der Waals surface area contributed by atoms with Crippen molar-refractivity contribution in [1.82, 2.24) is 10.6 Å². The molecule has 1 amide bonds. The second-order valence-electron chi connectivity index (χ2n) is 6.36. The molecule has 162 valence electrons. The van der Waals surface area contributed by atoms with Crippen molar-refractivity contribution in [1.29, 1.82) is 0 Å². The zero-order valence-corrected chi connectivity index (χ0v) is 18.9. The predicted molar refractivity (Wildman–Crippen MR) is 119 cm³/mol. The van der Waals surface area contributed by atoms with E-state index in [0.717, 1.165) is 31.0 Å². The fourth-order valence-electron chi connectivity index (χ4n) is 2.83. The zero-order valence-electron chi connectivity index (χ0n) is 16.4. The number of esters is 1. The molecule has 2 unspecified atom stereocenters. The fraction of sp³-hybridized carbons (Fsp3) is 0.556. The van der Waals surface area contributed by atoms with Crippen LogP contribution < -0.4 is 16.0 Å². The average Bonchev–Trinajstić information content (AvgIpc) is 3.14. The lowest BCUT2D eigenvalue weighted by atomic mass is 10.1. The molecule has 3 N–H and O–H groups in total. The van der Waals surface area contributed by atoms with Gasteiger partial charge in [-0.25, -0.2) is 4.79 Å². The number of ether oxygens (including phenoxy) is 1. The largest absolute Gasteiger partial charge is 0.467 e. The van der Waals surface area contributed by atoms with Gasteiger partial charge in [-0.15, -0.1) is 0 Å². The van der Waals surface area contributed by atoms with Crippen molar-refractivity contribution in [3.63, 3.8) is 0 Å². The highest BCUT2D eigenvalue weighted by molar-refractivity contribution is 7.98. The number of carbonyl (C=O) groups excluding carboxylic acids is 2. The maximum Gasteiger partial charge on any atom is 0.335 e. The zero-order chi connectivity index (χ0) is 21.6. The van der Waals surface area contributed by atoms with Gasteiger partial charge in [-0.1, -0.05) is 6.07 Å². The molecule has 8 nitrogen and oxygen atoms in total. The number of hydrogen-bond acceptors (Lipinski definition) is 9. The molecule has 1 heterocycles. The van der Waals surface area contributed by atoms with Crippen molar-refractivity contribution >= 4 is 53.5 Å². The third-order valence-electron chi connectivity index (χ3n) is 4.28. The minimum absolute atomic E-state index is 0.278. The Hall–Kier alpha value is -1.56. The van der Waals surface area contributed by atoms with Crippen molar-refractivity contribution in [2.75, 3.05) is 37.5 Å². The molecule has 0 aliphatic carbocycles. The van der Waals surface area contributed by atoms with Crippen LogP contribution in [0.3, 0.4) is 0 Å². The van der Waals surface area contributed by atoms with Crippen molar-refractivity contribution in [3.05, 3.63) is 29.8 Å². The normalized spacial score (nSPS) is 18.7. The lowest BCUT2D eigenvalue weighted by molar-refractivity contribution is -0.142. The van der Waals surface area contributed by atoms with Crippen LogP contribution in [0, 0.1) is 0 Å². The van der Waals surface area contributed by atoms with Crippen molar-refractivity contribution in [2.24, 2.45) is 0 Å². The summed E-state index contributed by atoms with van der Waals surface area (Å²) in [6, 6.07) is 7.04. The van der Waals surface area contributed by atoms with Crippen LogP contribution in [0.25, 0.3) is 0 Å². The number of amides is 1. The van der Waals surface area contributed by atoms with E-state index in [1.807, 2.05) is 18.4 Å². The van der Waals surface area contributed by atoms with E-state index in [1.165, 1.54) is 7.11 Å². The molecule has 1 aromatic carbocycles. The van der Waals surface area contributed by atoms with E-state index in [1.54, 1.807) is 23.9 Å². The first kappa shape index (κ1) is 25.5. The van der Waals surface area contributed by atoms with E-state index in [9.17, 15) is 9.59 Å². The molecule has 1 aliphatic heterocycles. The first-order valence-corrected chi connectivity index (χ1v) is 11.6. The van der Waals surface area contributed by atoms with Gasteiger partial charge in [0, 0.05) is 35.6 Å². The first-order valence-electron chi connectivity index (χ1n) is 8.99. The molecule has 1 fully saturated rings. The minimum atomic E-state index is -0.750. The van der Waals surface area contributed by atoms with Crippen LogP contribution in [0.2, 0.25) is 0 Å². The number of anilines is 1. The molecule has 0 aromatic heterocycles. The van der Waals surface area contributed by atoms with Gasteiger partial charge < -0.3 is 20.7 Å². The summed E-state index contributed by atoms with van der Waals surface area (Å²) in [6.45, 7) is 1.70. The van der Waals surface area contributed by atoms with Crippen LogP contribution >= 0.6 is 24.4 Å². The van der Waals surface area contributed by atoms with E-state index in [4.69, 9.17) is 13.2 Å². The summed E-state index contributed by atoms with van der Waals surface area (Å²) >= 11 is 5.34. The van der Waals surface area contributed by atoms with Crippen LogP contribution in [0.1, 0.15) is 23.2 Å². The summed E-state index contributed by atoms with van der Waals surface area (Å²) in [6.07, 6.45) is 3.52. The van der Waals surface area contributed by atoms with E-state index in [-0.39, 0.29) is 5.91 Å². The van der Waals surface area contributed by atoms with Crippen LogP contribution in [0.15, 0.2) is 24.3 Å². The van der Waals surface area contributed by atoms with Gasteiger partial charge in [0.1, 0.15) is 6.04 Å². The Morgan fingerprint density at radius 3 is 2.69 bits per heavy atom. The molecule has 1 aromatic rings. The van der Waals surface area contributed by atoms with Crippen LogP contribution in [0.5, 0.6) is 0 Å². The summed E-state index contributed by atoms with van der Waals surface area (Å²) in [5.74, 6) is 0.0668. The van der Waals surface area contributed by atoms with Gasteiger partial charge >= 0.3 is 17.5 Å². The first-order chi connectivity index (χ1) is 13.9. The average molecular weight is 462 g/mol. The molecule has 1 aliphatic rings. The van der Waals surface area contributed by atoms with E-state index in [0.29, 0.717) is 23.3 Å². The summed E-state index contributed by atoms with van der Waals surface area (Å²) < 4.78 is 21.4. The second-order valence-corrected chi connectivity index (χ2v) is 8.21. The van der Waals surface area contributed by atoms with Crippen molar-refractivity contribution in [2.45, 2.75) is 30.2 Å². The second kappa shape index (κ2) is 14.4. The summed E-state index contributed by atoms with van der Waals surface area (Å²) in [4.78, 5) is 24.4. The summed E-state index contributed by atoms with van der Waals surface area (Å²) in [5.41, 5.74) is 1.39. The number of hydrogen-bond donors (Lipinski definition) is 4. The van der Waals surface area contributed by atoms with Gasteiger partial charge in [0.05, 0.1) is 7.11 Å². The van der Waals surface area contributed by atoms with Crippen molar-refractivity contribution < 1.29 is 22.7 Å². The van der Waals surface area contributed by atoms with Gasteiger partial charge in [-0.05, 0) is 43.0 Å². The van der Waals surface area contributed by atoms with Gasteiger partial charge in [-0.3, -0.25) is 4.79 Å². The van der Waals surface area contributed by atoms with Gasteiger partial charge in [0.25, 0.3) is 5.91 Å². The maximum atomic E-state index is 12.5. The molecule has 0 saturated carbocycles. The topological polar surface area (TPSA) is 114 Å². The molecule has 1 saturated heterocycles. The molecule has 3 atom stereocenters. The quantitative estimate of drug-likeness (QED) is 0.320. The number of thioether (sulfide) groups is 1. The van der Waals surface area contributed by atoms with Gasteiger partial charge in [0.15, 0.2) is 0 Å². The molecule has 11 heteroatoms. The van der Waals surface area contributed by atoms with Crippen LogP contribution in [0.4, 0.5) is 5.69 Å². The summed E-state index contributed by atoms with van der Waals surface area (Å²) in [7, 11) is 1.33. The number of methoxy groups -OCH3 is 1. The molecular weight excluding hydrogens is 434 g/mol. The SMILES string of the molecule is COC(=O)C(CCSC)NC(=O)c1cccc(NC[C@@H]2CC(S)CN2)c1.O=S=O. The number of carbonyl (C=O) groups is 2. The van der Waals surface area contributed by atoms with Crippen LogP contribution in [-0.4, -0.2) is 69.8 Å². The predicted octanol–water partition coefficient (Wildman–Crippen LogP) is 1.11. The Morgan fingerprint density at radius 1 is 1.38 bits per heavy atom. The highest BCUT2D eigenvalue weighted by Crippen LogP contribution is 2.15. The number of thiol groups is 1.